The molecule has 1 aliphatic rings. The summed E-state index contributed by atoms with van der Waals surface area (Å²) in [5, 5.41) is 5.79. The van der Waals surface area contributed by atoms with Crippen LogP contribution in [-0.4, -0.2) is 40.5 Å². The molecule has 3 N–H and O–H groups in total. The Morgan fingerprint density at radius 1 is 1.32 bits per heavy atom. The van der Waals surface area contributed by atoms with Crippen LogP contribution in [0.25, 0.3) is 0 Å². The van der Waals surface area contributed by atoms with Crippen molar-refractivity contribution in [2.45, 2.75) is 30.7 Å². The Hall–Kier alpha value is -1.44. The Balaban J connectivity index is 2.07. The summed E-state index contributed by atoms with van der Waals surface area (Å²) in [6.45, 7) is 3.73. The fourth-order valence-corrected chi connectivity index (χ4v) is 3.96. The van der Waals surface area contributed by atoms with Gasteiger partial charge in [0.05, 0.1) is 4.90 Å². The lowest BCUT2D eigenvalue weighted by Crippen LogP contribution is -2.44. The SMILES string of the molecule is CNC(=O)c1ccc(S(=O)(=O)NC(C)C2CCCNC2)cc1. The molecule has 122 valence electrons. The molecule has 0 bridgehead atoms. The summed E-state index contributed by atoms with van der Waals surface area (Å²) < 4.78 is 27.5. The smallest absolute Gasteiger partial charge is 0.251 e. The second-order valence-corrected chi connectivity index (χ2v) is 7.33. The Morgan fingerprint density at radius 2 is 2.00 bits per heavy atom. The van der Waals surface area contributed by atoms with E-state index in [0.717, 1.165) is 25.9 Å². The van der Waals surface area contributed by atoms with Crippen molar-refractivity contribution in [2.75, 3.05) is 20.1 Å². The van der Waals surface area contributed by atoms with Crippen LogP contribution in [0, 0.1) is 5.92 Å². The van der Waals surface area contributed by atoms with Gasteiger partial charge in [0.2, 0.25) is 10.0 Å². The number of rotatable bonds is 5. The standard InChI is InChI=1S/C15H23N3O3S/c1-11(13-4-3-9-17-10-13)18-22(20,21)14-7-5-12(6-8-14)15(19)16-2/h5-8,11,13,17-18H,3-4,9-10H2,1-2H3,(H,16,19). The zero-order chi connectivity index (χ0) is 16.2. The molecule has 0 aliphatic carbocycles. The molecule has 1 aromatic rings. The van der Waals surface area contributed by atoms with Gasteiger partial charge in [0.15, 0.2) is 0 Å². The lowest BCUT2D eigenvalue weighted by atomic mass is 9.94. The van der Waals surface area contributed by atoms with E-state index in [1.165, 1.54) is 31.3 Å². The number of amides is 1. The van der Waals surface area contributed by atoms with Gasteiger partial charge in [0.25, 0.3) is 5.91 Å². The van der Waals surface area contributed by atoms with Gasteiger partial charge >= 0.3 is 0 Å². The molecule has 6 nitrogen and oxygen atoms in total. The minimum Gasteiger partial charge on any atom is -0.355 e. The van der Waals surface area contributed by atoms with Crippen LogP contribution >= 0.6 is 0 Å². The third kappa shape index (κ3) is 4.06. The fraction of sp³-hybridized carbons (Fsp3) is 0.533. The summed E-state index contributed by atoms with van der Waals surface area (Å²) in [6, 6.07) is 5.81. The lowest BCUT2D eigenvalue weighted by Gasteiger charge is -2.28. The molecule has 0 aromatic heterocycles. The number of nitrogens with one attached hydrogen (secondary N) is 3. The van der Waals surface area contributed by atoms with Crippen LogP contribution in [-0.2, 0) is 10.0 Å². The first-order valence-electron chi connectivity index (χ1n) is 7.49. The van der Waals surface area contributed by atoms with Gasteiger partial charge in [-0.1, -0.05) is 0 Å². The van der Waals surface area contributed by atoms with Gasteiger partial charge < -0.3 is 10.6 Å². The van der Waals surface area contributed by atoms with E-state index < -0.39 is 10.0 Å². The summed E-state index contributed by atoms with van der Waals surface area (Å²) >= 11 is 0. The zero-order valence-corrected chi connectivity index (χ0v) is 13.7. The molecule has 1 fully saturated rings. The predicted molar refractivity (Wildman–Crippen MR) is 85.2 cm³/mol. The van der Waals surface area contributed by atoms with Crippen molar-refractivity contribution in [3.05, 3.63) is 29.8 Å². The highest BCUT2D eigenvalue weighted by atomic mass is 32.2. The van der Waals surface area contributed by atoms with E-state index in [1.807, 2.05) is 6.92 Å². The molecule has 7 heteroatoms. The number of carbonyl (C=O) groups is 1. The van der Waals surface area contributed by atoms with Crippen molar-refractivity contribution < 1.29 is 13.2 Å². The normalized spacial score (nSPS) is 20.4. The lowest BCUT2D eigenvalue weighted by molar-refractivity contribution is 0.0963. The molecular weight excluding hydrogens is 302 g/mol. The molecule has 1 amide bonds. The van der Waals surface area contributed by atoms with E-state index in [1.54, 1.807) is 0 Å². The second kappa shape index (κ2) is 7.21. The van der Waals surface area contributed by atoms with Crippen LogP contribution in [0.2, 0.25) is 0 Å². The van der Waals surface area contributed by atoms with Gasteiger partial charge in [0, 0.05) is 18.7 Å². The highest BCUT2D eigenvalue weighted by Gasteiger charge is 2.25. The molecular formula is C15H23N3O3S. The first-order chi connectivity index (χ1) is 10.4. The van der Waals surface area contributed by atoms with E-state index in [2.05, 4.69) is 15.4 Å². The highest BCUT2D eigenvalue weighted by molar-refractivity contribution is 7.89. The van der Waals surface area contributed by atoms with Crippen molar-refractivity contribution in [2.24, 2.45) is 5.92 Å². The van der Waals surface area contributed by atoms with E-state index in [-0.39, 0.29) is 16.8 Å². The van der Waals surface area contributed by atoms with Crippen LogP contribution in [0.4, 0.5) is 0 Å². The van der Waals surface area contributed by atoms with Gasteiger partial charge in [-0.3, -0.25) is 4.79 Å². The Labute approximate surface area is 131 Å². The summed E-state index contributed by atoms with van der Waals surface area (Å²) in [6.07, 6.45) is 2.09. The van der Waals surface area contributed by atoms with Gasteiger partial charge in [-0.25, -0.2) is 13.1 Å². The van der Waals surface area contributed by atoms with Crippen molar-refractivity contribution in [1.29, 1.82) is 0 Å². The van der Waals surface area contributed by atoms with Crippen LogP contribution < -0.4 is 15.4 Å². The fourth-order valence-electron chi connectivity index (χ4n) is 2.64. The van der Waals surface area contributed by atoms with E-state index in [4.69, 9.17) is 0 Å². The molecule has 0 spiro atoms. The molecule has 2 atom stereocenters. The van der Waals surface area contributed by atoms with Crippen LogP contribution in [0.5, 0.6) is 0 Å². The molecule has 0 saturated carbocycles. The predicted octanol–water partition coefficient (Wildman–Crippen LogP) is 0.713. The second-order valence-electron chi connectivity index (χ2n) is 5.62. The molecule has 0 radical (unpaired) electrons. The van der Waals surface area contributed by atoms with E-state index in [9.17, 15) is 13.2 Å². The maximum Gasteiger partial charge on any atom is 0.251 e. The summed E-state index contributed by atoms with van der Waals surface area (Å²) in [5.41, 5.74) is 0.436. The molecule has 2 rings (SSSR count). The summed E-state index contributed by atoms with van der Waals surface area (Å²) in [5.74, 6) is 0.0622. The highest BCUT2D eigenvalue weighted by Crippen LogP contribution is 2.17. The maximum absolute atomic E-state index is 12.4. The van der Waals surface area contributed by atoms with Gasteiger partial charge in [-0.2, -0.15) is 0 Å². The number of sulfonamides is 1. The number of hydrogen-bond acceptors (Lipinski definition) is 4. The van der Waals surface area contributed by atoms with Gasteiger partial charge in [-0.15, -0.1) is 0 Å². The molecule has 1 heterocycles. The van der Waals surface area contributed by atoms with Crippen molar-refractivity contribution in [1.82, 2.24) is 15.4 Å². The van der Waals surface area contributed by atoms with Gasteiger partial charge in [0.1, 0.15) is 0 Å². The quantitative estimate of drug-likeness (QED) is 0.744. The average Bonchev–Trinajstić information content (AvgIpc) is 2.54. The van der Waals surface area contributed by atoms with Crippen LogP contribution in [0.1, 0.15) is 30.1 Å². The van der Waals surface area contributed by atoms with Crippen LogP contribution in [0.15, 0.2) is 29.2 Å². The molecule has 1 aliphatic heterocycles. The summed E-state index contributed by atoms with van der Waals surface area (Å²) in [4.78, 5) is 11.7. The van der Waals surface area contributed by atoms with Crippen LogP contribution in [0.3, 0.4) is 0 Å². The zero-order valence-electron chi connectivity index (χ0n) is 12.9. The minimum absolute atomic E-state index is 0.128. The summed E-state index contributed by atoms with van der Waals surface area (Å²) in [7, 11) is -2.03. The Bertz CT molecular complexity index is 607. The molecule has 22 heavy (non-hydrogen) atoms. The molecule has 2 unspecified atom stereocenters. The van der Waals surface area contributed by atoms with Gasteiger partial charge in [-0.05, 0) is 63.0 Å². The Kier molecular flexibility index (Phi) is 5.55. The Morgan fingerprint density at radius 3 is 2.55 bits per heavy atom. The first kappa shape index (κ1) is 16.9. The number of hydrogen-bond donors (Lipinski definition) is 3. The number of benzene rings is 1. The number of carbonyl (C=O) groups excluding carboxylic acids is 1. The maximum atomic E-state index is 12.4. The van der Waals surface area contributed by atoms with Crippen molar-refractivity contribution in [3.63, 3.8) is 0 Å². The largest absolute Gasteiger partial charge is 0.355 e. The van der Waals surface area contributed by atoms with E-state index >= 15 is 0 Å². The number of piperidine rings is 1. The first-order valence-corrected chi connectivity index (χ1v) is 8.97. The monoisotopic (exact) mass is 325 g/mol. The molecule has 1 saturated heterocycles. The topological polar surface area (TPSA) is 87.3 Å². The minimum atomic E-state index is -3.57. The van der Waals surface area contributed by atoms with Crippen molar-refractivity contribution >= 4 is 15.9 Å². The average molecular weight is 325 g/mol. The third-order valence-electron chi connectivity index (χ3n) is 4.04. The van der Waals surface area contributed by atoms with Crippen molar-refractivity contribution in [3.8, 4) is 0 Å². The van der Waals surface area contributed by atoms with E-state index in [0.29, 0.717) is 11.5 Å². The molecule has 1 aromatic carbocycles. The third-order valence-corrected chi connectivity index (χ3v) is 5.61.